The molecule has 0 unspecified atom stereocenters. The van der Waals surface area contributed by atoms with Gasteiger partial charge in [-0.1, -0.05) is 13.3 Å². The molecule has 2 aliphatic rings. The molecule has 4 heteroatoms. The van der Waals surface area contributed by atoms with E-state index in [1.54, 1.807) is 0 Å². The average Bonchev–Trinajstić information content (AvgIpc) is 2.96. The molecule has 0 radical (unpaired) electrons. The lowest BCUT2D eigenvalue weighted by atomic mass is 9.67. The summed E-state index contributed by atoms with van der Waals surface area (Å²) in [4.78, 5) is 2.54. The van der Waals surface area contributed by atoms with Crippen LogP contribution in [-0.4, -0.2) is 41.3 Å². The Kier molecular flexibility index (Phi) is 5.19. The minimum absolute atomic E-state index is 0.672. The Morgan fingerprint density at radius 2 is 1.95 bits per heavy atom. The van der Waals surface area contributed by atoms with Crippen LogP contribution in [0.25, 0.3) is 0 Å². The second kappa shape index (κ2) is 7.14. The standard InChI is InChI=1S/C18H32N4/c1-3-4-15-13-16(21-20-15)14-22(2)17-5-7-18(8-6-17)9-11-19-12-10-18/h13,17,19H,3-12,14H2,1-2H3,(H,20,21). The van der Waals surface area contributed by atoms with E-state index < -0.39 is 0 Å². The molecule has 2 N–H and O–H groups in total. The Balaban J connectivity index is 1.49. The van der Waals surface area contributed by atoms with Crippen LogP contribution in [0.15, 0.2) is 6.07 Å². The first-order chi connectivity index (χ1) is 10.7. The number of aromatic nitrogens is 2. The lowest BCUT2D eigenvalue weighted by molar-refractivity contribution is 0.0734. The number of aryl methyl sites for hydroxylation is 1. The van der Waals surface area contributed by atoms with Gasteiger partial charge >= 0.3 is 0 Å². The van der Waals surface area contributed by atoms with Crippen LogP contribution in [0.2, 0.25) is 0 Å². The van der Waals surface area contributed by atoms with Crippen molar-refractivity contribution in [2.75, 3.05) is 20.1 Å². The highest BCUT2D eigenvalue weighted by Gasteiger charge is 2.37. The van der Waals surface area contributed by atoms with Gasteiger partial charge in [-0.3, -0.25) is 10.00 Å². The predicted octanol–water partition coefficient (Wildman–Crippen LogP) is 3.11. The van der Waals surface area contributed by atoms with Crippen molar-refractivity contribution in [1.29, 1.82) is 0 Å². The van der Waals surface area contributed by atoms with Crippen LogP contribution < -0.4 is 5.32 Å². The summed E-state index contributed by atoms with van der Waals surface area (Å²) in [6.45, 7) is 5.68. The van der Waals surface area contributed by atoms with Crippen molar-refractivity contribution in [2.45, 2.75) is 70.9 Å². The molecule has 0 bridgehead atoms. The van der Waals surface area contributed by atoms with E-state index in [1.165, 1.54) is 69.4 Å². The lowest BCUT2D eigenvalue weighted by Crippen LogP contribution is -2.43. The molecule has 0 aromatic carbocycles. The molecule has 1 spiro atoms. The van der Waals surface area contributed by atoms with Crippen LogP contribution in [0.3, 0.4) is 0 Å². The Labute approximate surface area is 135 Å². The molecule has 2 heterocycles. The van der Waals surface area contributed by atoms with Gasteiger partial charge in [0, 0.05) is 18.3 Å². The van der Waals surface area contributed by atoms with Crippen LogP contribution in [0, 0.1) is 5.41 Å². The molecular weight excluding hydrogens is 272 g/mol. The normalized spacial score (nSPS) is 22.5. The number of rotatable bonds is 5. The summed E-state index contributed by atoms with van der Waals surface area (Å²) in [5.74, 6) is 0. The van der Waals surface area contributed by atoms with Gasteiger partial charge in [0.15, 0.2) is 0 Å². The van der Waals surface area contributed by atoms with Crippen molar-refractivity contribution in [2.24, 2.45) is 5.41 Å². The molecule has 1 saturated heterocycles. The summed E-state index contributed by atoms with van der Waals surface area (Å²) in [7, 11) is 2.28. The number of H-pyrrole nitrogens is 1. The number of nitrogens with one attached hydrogen (secondary N) is 2. The molecule has 4 nitrogen and oxygen atoms in total. The first-order valence-corrected chi connectivity index (χ1v) is 9.15. The van der Waals surface area contributed by atoms with E-state index in [0.717, 1.165) is 19.0 Å². The molecule has 22 heavy (non-hydrogen) atoms. The second-order valence-electron chi connectivity index (χ2n) is 7.53. The zero-order valence-electron chi connectivity index (χ0n) is 14.3. The van der Waals surface area contributed by atoms with Gasteiger partial charge in [0.25, 0.3) is 0 Å². The molecule has 1 aliphatic heterocycles. The van der Waals surface area contributed by atoms with Crippen molar-refractivity contribution in [3.63, 3.8) is 0 Å². The van der Waals surface area contributed by atoms with Crippen molar-refractivity contribution in [3.8, 4) is 0 Å². The number of hydrogen-bond acceptors (Lipinski definition) is 3. The van der Waals surface area contributed by atoms with Crippen LogP contribution in [0.5, 0.6) is 0 Å². The number of piperidine rings is 1. The first kappa shape index (κ1) is 16.0. The van der Waals surface area contributed by atoms with E-state index in [1.807, 2.05) is 0 Å². The minimum atomic E-state index is 0.672. The molecule has 1 saturated carbocycles. The van der Waals surface area contributed by atoms with E-state index in [9.17, 15) is 0 Å². The Hall–Kier alpha value is -0.870. The SMILES string of the molecule is CCCc1cc(CN(C)C2CCC3(CCNCC3)CC2)[nH]n1. The number of aromatic amines is 1. The summed E-state index contributed by atoms with van der Waals surface area (Å²) < 4.78 is 0. The summed E-state index contributed by atoms with van der Waals surface area (Å²) >= 11 is 0. The van der Waals surface area contributed by atoms with Crippen molar-refractivity contribution in [3.05, 3.63) is 17.5 Å². The van der Waals surface area contributed by atoms with Crippen molar-refractivity contribution in [1.82, 2.24) is 20.4 Å². The lowest BCUT2D eigenvalue weighted by Gasteiger charge is -2.45. The fourth-order valence-electron chi connectivity index (χ4n) is 4.39. The predicted molar refractivity (Wildman–Crippen MR) is 90.8 cm³/mol. The maximum atomic E-state index is 4.41. The molecular formula is C18H32N4. The van der Waals surface area contributed by atoms with Crippen LogP contribution >= 0.6 is 0 Å². The highest BCUT2D eigenvalue weighted by molar-refractivity contribution is 5.08. The van der Waals surface area contributed by atoms with Crippen molar-refractivity contribution >= 4 is 0 Å². The smallest absolute Gasteiger partial charge is 0.0625 e. The monoisotopic (exact) mass is 304 g/mol. The van der Waals surface area contributed by atoms with Crippen LogP contribution in [-0.2, 0) is 13.0 Å². The van der Waals surface area contributed by atoms with Crippen molar-refractivity contribution < 1.29 is 0 Å². The fraction of sp³-hybridized carbons (Fsp3) is 0.833. The minimum Gasteiger partial charge on any atom is -0.317 e. The average molecular weight is 304 g/mol. The van der Waals surface area contributed by atoms with Gasteiger partial charge in [-0.25, -0.2) is 0 Å². The second-order valence-corrected chi connectivity index (χ2v) is 7.53. The van der Waals surface area contributed by atoms with E-state index in [0.29, 0.717) is 5.41 Å². The van der Waals surface area contributed by atoms with Gasteiger partial charge in [0.1, 0.15) is 0 Å². The molecule has 2 fully saturated rings. The third-order valence-corrected chi connectivity index (χ3v) is 5.91. The third-order valence-electron chi connectivity index (χ3n) is 5.91. The highest BCUT2D eigenvalue weighted by Crippen LogP contribution is 2.44. The summed E-state index contributed by atoms with van der Waals surface area (Å²) in [5, 5.41) is 11.1. The van der Waals surface area contributed by atoms with Crippen LogP contribution in [0.1, 0.15) is 63.3 Å². The molecule has 0 atom stereocenters. The van der Waals surface area contributed by atoms with Crippen LogP contribution in [0.4, 0.5) is 0 Å². The molecule has 124 valence electrons. The number of hydrogen-bond donors (Lipinski definition) is 2. The Bertz CT molecular complexity index is 451. The summed E-state index contributed by atoms with van der Waals surface area (Å²) in [5.41, 5.74) is 3.15. The van der Waals surface area contributed by atoms with E-state index in [2.05, 4.69) is 40.5 Å². The Morgan fingerprint density at radius 3 is 2.64 bits per heavy atom. The Morgan fingerprint density at radius 1 is 1.23 bits per heavy atom. The van der Waals surface area contributed by atoms with Gasteiger partial charge < -0.3 is 5.32 Å². The van der Waals surface area contributed by atoms with Gasteiger partial charge in [-0.2, -0.15) is 5.10 Å². The van der Waals surface area contributed by atoms with Gasteiger partial charge in [0.2, 0.25) is 0 Å². The maximum Gasteiger partial charge on any atom is 0.0625 e. The third kappa shape index (κ3) is 3.72. The molecule has 1 aromatic rings. The van der Waals surface area contributed by atoms with Gasteiger partial charge in [0.05, 0.1) is 5.69 Å². The van der Waals surface area contributed by atoms with Gasteiger partial charge in [-0.05, 0) is 76.6 Å². The number of nitrogens with zero attached hydrogens (tertiary/aromatic N) is 2. The van der Waals surface area contributed by atoms with Gasteiger partial charge in [-0.15, -0.1) is 0 Å². The highest BCUT2D eigenvalue weighted by atomic mass is 15.2. The van der Waals surface area contributed by atoms with E-state index in [4.69, 9.17) is 0 Å². The summed E-state index contributed by atoms with van der Waals surface area (Å²) in [6.07, 6.45) is 10.6. The first-order valence-electron chi connectivity index (χ1n) is 9.15. The molecule has 1 aliphatic carbocycles. The van der Waals surface area contributed by atoms with E-state index >= 15 is 0 Å². The quantitative estimate of drug-likeness (QED) is 0.878. The molecule has 0 amide bonds. The van der Waals surface area contributed by atoms with E-state index in [-0.39, 0.29) is 0 Å². The topological polar surface area (TPSA) is 44.0 Å². The zero-order valence-corrected chi connectivity index (χ0v) is 14.3. The zero-order chi connectivity index (χ0) is 15.4. The largest absolute Gasteiger partial charge is 0.317 e. The fourth-order valence-corrected chi connectivity index (χ4v) is 4.39. The maximum absolute atomic E-state index is 4.41. The molecule has 3 rings (SSSR count). The molecule has 1 aromatic heterocycles. The summed E-state index contributed by atoms with van der Waals surface area (Å²) in [6, 6.07) is 3.00.